The average molecular weight is 501 g/mol. The number of benzene rings is 3. The molecule has 0 bridgehead atoms. The topological polar surface area (TPSA) is 84.9 Å². The van der Waals surface area contributed by atoms with Gasteiger partial charge in [0.25, 0.3) is 10.0 Å². The number of carbonyl (C=O) groups excluding carboxylic acids is 1. The third-order valence-corrected chi connectivity index (χ3v) is 6.98. The maximum Gasteiger partial charge on any atom is 0.264 e. The van der Waals surface area contributed by atoms with Gasteiger partial charge in [-0.3, -0.25) is 9.10 Å². The summed E-state index contributed by atoms with van der Waals surface area (Å²) in [5, 5.41) is 2.84. The Morgan fingerprint density at radius 3 is 1.91 bits per heavy atom. The predicted molar refractivity (Wildman–Crippen MR) is 133 cm³/mol. The highest BCUT2D eigenvalue weighted by atomic mass is 32.2. The van der Waals surface area contributed by atoms with Gasteiger partial charge in [-0.15, -0.1) is 0 Å². The highest BCUT2D eigenvalue weighted by Gasteiger charge is 2.28. The van der Waals surface area contributed by atoms with Crippen LogP contribution < -0.4 is 19.1 Å². The van der Waals surface area contributed by atoms with Crippen LogP contribution in [0.5, 0.6) is 11.5 Å². The fraction of sp³-hybridized carbons (Fsp3) is 0.269. The molecule has 0 aromatic heterocycles. The molecule has 1 unspecified atom stereocenters. The van der Waals surface area contributed by atoms with E-state index in [0.717, 1.165) is 27.8 Å². The van der Waals surface area contributed by atoms with Gasteiger partial charge < -0.3 is 14.8 Å². The van der Waals surface area contributed by atoms with Crippen LogP contribution in [0.4, 0.5) is 10.1 Å². The van der Waals surface area contributed by atoms with Crippen molar-refractivity contribution in [1.82, 2.24) is 5.32 Å². The summed E-state index contributed by atoms with van der Waals surface area (Å²) >= 11 is 0. The van der Waals surface area contributed by atoms with Crippen LogP contribution in [0.2, 0.25) is 0 Å². The number of rotatable bonds is 11. The van der Waals surface area contributed by atoms with Gasteiger partial charge in [0.15, 0.2) is 0 Å². The van der Waals surface area contributed by atoms with Gasteiger partial charge in [0.1, 0.15) is 23.9 Å². The Hall–Kier alpha value is -3.59. The van der Waals surface area contributed by atoms with Crippen molar-refractivity contribution in [2.45, 2.75) is 31.7 Å². The monoisotopic (exact) mass is 500 g/mol. The smallest absolute Gasteiger partial charge is 0.264 e. The first-order valence-electron chi connectivity index (χ1n) is 11.3. The first-order chi connectivity index (χ1) is 16.7. The SMILES string of the molecule is CCOc1ccc(C(C)NC(=O)CN(c2ccc(OCC)cc2)S(=O)(=O)c2ccc(F)cc2)cc1. The number of halogens is 1. The van der Waals surface area contributed by atoms with Crippen LogP contribution in [0, 0.1) is 5.82 Å². The number of carbonyl (C=O) groups is 1. The Morgan fingerprint density at radius 1 is 0.886 bits per heavy atom. The number of hydrogen-bond donors (Lipinski definition) is 1. The number of nitrogens with zero attached hydrogens (tertiary/aromatic N) is 1. The first-order valence-corrected chi connectivity index (χ1v) is 12.7. The molecule has 3 rings (SSSR count). The molecule has 0 radical (unpaired) electrons. The molecule has 0 aliphatic carbocycles. The molecule has 3 aromatic carbocycles. The summed E-state index contributed by atoms with van der Waals surface area (Å²) in [5.41, 5.74) is 1.12. The molecule has 0 spiro atoms. The molecule has 3 aromatic rings. The lowest BCUT2D eigenvalue weighted by atomic mass is 10.1. The van der Waals surface area contributed by atoms with Crippen LogP contribution >= 0.6 is 0 Å². The van der Waals surface area contributed by atoms with Crippen molar-refractivity contribution in [3.05, 3.63) is 84.2 Å². The summed E-state index contributed by atoms with van der Waals surface area (Å²) in [6.45, 7) is 6.10. The maximum atomic E-state index is 13.4. The van der Waals surface area contributed by atoms with E-state index in [9.17, 15) is 17.6 Å². The van der Waals surface area contributed by atoms with Gasteiger partial charge in [0, 0.05) is 0 Å². The molecular weight excluding hydrogens is 471 g/mol. The molecule has 0 fully saturated rings. The van der Waals surface area contributed by atoms with Gasteiger partial charge in [-0.2, -0.15) is 0 Å². The zero-order chi connectivity index (χ0) is 25.4. The molecular formula is C26H29FN2O5S. The average Bonchev–Trinajstić information content (AvgIpc) is 2.84. The highest BCUT2D eigenvalue weighted by molar-refractivity contribution is 7.92. The molecule has 0 heterocycles. The van der Waals surface area contributed by atoms with Gasteiger partial charge in [0.05, 0.1) is 29.8 Å². The van der Waals surface area contributed by atoms with Crippen molar-refractivity contribution in [3.63, 3.8) is 0 Å². The Morgan fingerprint density at radius 2 is 1.40 bits per heavy atom. The second kappa shape index (κ2) is 11.7. The van der Waals surface area contributed by atoms with E-state index in [-0.39, 0.29) is 16.6 Å². The normalized spacial score (nSPS) is 12.0. The Labute approximate surface area is 205 Å². The lowest BCUT2D eigenvalue weighted by molar-refractivity contribution is -0.120. The number of hydrogen-bond acceptors (Lipinski definition) is 5. The summed E-state index contributed by atoms with van der Waals surface area (Å²) in [7, 11) is -4.15. The number of anilines is 1. The van der Waals surface area contributed by atoms with E-state index in [1.807, 2.05) is 45.0 Å². The van der Waals surface area contributed by atoms with Crippen LogP contribution in [-0.2, 0) is 14.8 Å². The second-order valence-electron chi connectivity index (χ2n) is 7.68. The number of ether oxygens (including phenoxy) is 2. The molecule has 1 amide bonds. The predicted octanol–water partition coefficient (Wildman–Crippen LogP) is 4.70. The molecule has 0 aliphatic rings. The molecule has 0 saturated heterocycles. The van der Waals surface area contributed by atoms with E-state index in [4.69, 9.17) is 9.47 Å². The van der Waals surface area contributed by atoms with Gasteiger partial charge >= 0.3 is 0 Å². The standard InChI is InChI=1S/C26H29FN2O5S/c1-4-33-23-12-6-20(7-13-23)19(3)28-26(30)18-29(22-10-14-24(15-11-22)34-5-2)35(31,32)25-16-8-21(27)9-17-25/h6-17,19H,4-5,18H2,1-3H3,(H,28,30). The van der Waals surface area contributed by atoms with Gasteiger partial charge in [0.2, 0.25) is 5.91 Å². The van der Waals surface area contributed by atoms with Crippen LogP contribution in [0.1, 0.15) is 32.4 Å². The molecule has 35 heavy (non-hydrogen) atoms. The summed E-state index contributed by atoms with van der Waals surface area (Å²) in [6, 6.07) is 17.8. The minimum absolute atomic E-state index is 0.125. The van der Waals surface area contributed by atoms with E-state index in [2.05, 4.69) is 5.32 Å². The Kier molecular flexibility index (Phi) is 8.70. The summed E-state index contributed by atoms with van der Waals surface area (Å²) < 4.78 is 52.1. The Bertz CT molecular complexity index is 1210. The van der Waals surface area contributed by atoms with Crippen LogP contribution in [0.25, 0.3) is 0 Å². The van der Waals surface area contributed by atoms with Crippen molar-refractivity contribution in [3.8, 4) is 11.5 Å². The zero-order valence-corrected chi connectivity index (χ0v) is 20.7. The molecule has 0 aliphatic heterocycles. The lowest BCUT2D eigenvalue weighted by Crippen LogP contribution is -2.41. The summed E-state index contributed by atoms with van der Waals surface area (Å²) in [6.07, 6.45) is 0. The van der Waals surface area contributed by atoms with E-state index in [0.29, 0.717) is 19.0 Å². The van der Waals surface area contributed by atoms with E-state index < -0.39 is 28.3 Å². The third-order valence-electron chi connectivity index (χ3n) is 5.19. The first kappa shape index (κ1) is 26.0. The van der Waals surface area contributed by atoms with Crippen molar-refractivity contribution in [2.24, 2.45) is 0 Å². The minimum atomic E-state index is -4.15. The van der Waals surface area contributed by atoms with E-state index >= 15 is 0 Å². The number of sulfonamides is 1. The molecule has 186 valence electrons. The van der Waals surface area contributed by atoms with Crippen molar-refractivity contribution >= 4 is 21.6 Å². The number of nitrogens with one attached hydrogen (secondary N) is 1. The van der Waals surface area contributed by atoms with Crippen molar-refractivity contribution in [1.29, 1.82) is 0 Å². The molecule has 1 atom stereocenters. The zero-order valence-electron chi connectivity index (χ0n) is 19.9. The summed E-state index contributed by atoms with van der Waals surface area (Å²) in [5.74, 6) is 0.246. The second-order valence-corrected chi connectivity index (χ2v) is 9.55. The fourth-order valence-corrected chi connectivity index (χ4v) is 4.87. The summed E-state index contributed by atoms with van der Waals surface area (Å²) in [4.78, 5) is 12.8. The Balaban J connectivity index is 1.84. The number of amides is 1. The largest absolute Gasteiger partial charge is 0.494 e. The fourth-order valence-electron chi connectivity index (χ4n) is 3.44. The van der Waals surface area contributed by atoms with E-state index in [1.165, 1.54) is 12.1 Å². The molecule has 9 heteroatoms. The van der Waals surface area contributed by atoms with Crippen LogP contribution in [0.3, 0.4) is 0 Å². The third kappa shape index (κ3) is 6.73. The van der Waals surface area contributed by atoms with Crippen molar-refractivity contribution in [2.75, 3.05) is 24.1 Å². The quantitative estimate of drug-likeness (QED) is 0.413. The molecule has 1 N–H and O–H groups in total. The maximum absolute atomic E-state index is 13.4. The van der Waals surface area contributed by atoms with Crippen LogP contribution in [-0.4, -0.2) is 34.1 Å². The minimum Gasteiger partial charge on any atom is -0.494 e. The molecule has 7 nitrogen and oxygen atoms in total. The molecule has 0 saturated carbocycles. The highest BCUT2D eigenvalue weighted by Crippen LogP contribution is 2.26. The van der Waals surface area contributed by atoms with Crippen LogP contribution in [0.15, 0.2) is 77.7 Å². The van der Waals surface area contributed by atoms with E-state index in [1.54, 1.807) is 24.3 Å². The lowest BCUT2D eigenvalue weighted by Gasteiger charge is -2.25. The van der Waals surface area contributed by atoms with Gasteiger partial charge in [-0.25, -0.2) is 12.8 Å². The van der Waals surface area contributed by atoms with Gasteiger partial charge in [-0.1, -0.05) is 12.1 Å². The van der Waals surface area contributed by atoms with Gasteiger partial charge in [-0.05, 0) is 87.0 Å². The van der Waals surface area contributed by atoms with Crippen molar-refractivity contribution < 1.29 is 27.1 Å².